The summed E-state index contributed by atoms with van der Waals surface area (Å²) in [6.07, 6.45) is 0. The average molecular weight is 281 g/mol. The van der Waals surface area contributed by atoms with Crippen LogP contribution in [0.1, 0.15) is 5.69 Å². The minimum absolute atomic E-state index is 0.858. The zero-order chi connectivity index (χ0) is 13.9. The number of aryl methyl sites for hydroxylation is 1. The van der Waals surface area contributed by atoms with E-state index in [0.29, 0.717) is 0 Å². The molecule has 0 aliphatic heterocycles. The van der Waals surface area contributed by atoms with Gasteiger partial charge in [0.05, 0.1) is 17.7 Å². The molecule has 0 N–H and O–H groups in total. The molecular weight excluding hydrogens is 266 g/mol. The number of ether oxygens (including phenoxy) is 1. The van der Waals surface area contributed by atoms with Gasteiger partial charge in [0, 0.05) is 5.56 Å². The highest BCUT2D eigenvalue weighted by Crippen LogP contribution is 2.35. The molecule has 1 aromatic heterocycles. The number of aromatic nitrogens is 1. The molecule has 0 atom stereocenters. The second-order valence-corrected chi connectivity index (χ2v) is 5.53. The van der Waals surface area contributed by atoms with Gasteiger partial charge in [0.1, 0.15) is 10.8 Å². The molecule has 0 saturated heterocycles. The molecular formula is C17H15NOS. The lowest BCUT2D eigenvalue weighted by Gasteiger charge is -2.01. The topological polar surface area (TPSA) is 22.1 Å². The van der Waals surface area contributed by atoms with Gasteiger partial charge in [0.25, 0.3) is 0 Å². The summed E-state index contributed by atoms with van der Waals surface area (Å²) in [5, 5.41) is 1.03. The lowest BCUT2D eigenvalue weighted by molar-refractivity contribution is 0.415. The van der Waals surface area contributed by atoms with Crippen LogP contribution in [0.3, 0.4) is 0 Å². The monoisotopic (exact) mass is 281 g/mol. The molecule has 0 unspecified atom stereocenters. The Hall–Kier alpha value is -2.13. The van der Waals surface area contributed by atoms with Crippen LogP contribution in [0.4, 0.5) is 0 Å². The van der Waals surface area contributed by atoms with Crippen molar-refractivity contribution in [3.63, 3.8) is 0 Å². The van der Waals surface area contributed by atoms with Crippen LogP contribution in [0, 0.1) is 6.92 Å². The van der Waals surface area contributed by atoms with Gasteiger partial charge in [-0.2, -0.15) is 0 Å². The first-order chi connectivity index (χ1) is 9.78. The standard InChI is InChI=1S/C17H15NOS/c1-12-16(13-7-4-3-5-8-13)20-17(18-12)14-9-6-10-15(11-14)19-2/h3-11H,1-2H3. The van der Waals surface area contributed by atoms with Crippen LogP contribution in [0.2, 0.25) is 0 Å². The summed E-state index contributed by atoms with van der Waals surface area (Å²) in [5.74, 6) is 0.858. The smallest absolute Gasteiger partial charge is 0.124 e. The minimum Gasteiger partial charge on any atom is -0.497 e. The van der Waals surface area contributed by atoms with Gasteiger partial charge in [-0.15, -0.1) is 11.3 Å². The van der Waals surface area contributed by atoms with Crippen molar-refractivity contribution in [1.82, 2.24) is 4.98 Å². The Kier molecular flexibility index (Phi) is 3.52. The van der Waals surface area contributed by atoms with E-state index in [9.17, 15) is 0 Å². The van der Waals surface area contributed by atoms with Crippen LogP contribution in [0.5, 0.6) is 5.75 Å². The van der Waals surface area contributed by atoms with Crippen LogP contribution < -0.4 is 4.74 Å². The second-order valence-electron chi connectivity index (χ2n) is 4.53. The molecule has 3 aromatic rings. The molecule has 0 bridgehead atoms. The Bertz CT molecular complexity index is 719. The molecule has 0 spiro atoms. The van der Waals surface area contributed by atoms with Crippen molar-refractivity contribution in [3.05, 3.63) is 60.3 Å². The third-order valence-electron chi connectivity index (χ3n) is 3.15. The minimum atomic E-state index is 0.858. The highest BCUT2D eigenvalue weighted by Gasteiger charge is 2.11. The zero-order valence-corrected chi connectivity index (χ0v) is 12.3. The van der Waals surface area contributed by atoms with Crippen LogP contribution in [-0.4, -0.2) is 12.1 Å². The maximum atomic E-state index is 5.27. The third-order valence-corrected chi connectivity index (χ3v) is 4.40. The largest absolute Gasteiger partial charge is 0.497 e. The van der Waals surface area contributed by atoms with Gasteiger partial charge in [0.2, 0.25) is 0 Å². The molecule has 20 heavy (non-hydrogen) atoms. The molecule has 0 amide bonds. The summed E-state index contributed by atoms with van der Waals surface area (Å²) < 4.78 is 5.27. The summed E-state index contributed by atoms with van der Waals surface area (Å²) in [4.78, 5) is 5.92. The fourth-order valence-corrected chi connectivity index (χ4v) is 3.20. The summed E-state index contributed by atoms with van der Waals surface area (Å²) in [7, 11) is 1.68. The summed E-state index contributed by atoms with van der Waals surface area (Å²) in [5.41, 5.74) is 3.38. The van der Waals surface area contributed by atoms with E-state index in [-0.39, 0.29) is 0 Å². The van der Waals surface area contributed by atoms with Gasteiger partial charge in [0.15, 0.2) is 0 Å². The summed E-state index contributed by atoms with van der Waals surface area (Å²) >= 11 is 1.72. The predicted octanol–water partition coefficient (Wildman–Crippen LogP) is 4.79. The molecule has 3 heteroatoms. The van der Waals surface area contributed by atoms with Gasteiger partial charge < -0.3 is 4.74 Å². The molecule has 0 aliphatic carbocycles. The maximum absolute atomic E-state index is 5.27. The van der Waals surface area contributed by atoms with Gasteiger partial charge in [-0.1, -0.05) is 42.5 Å². The Morgan fingerprint density at radius 2 is 1.70 bits per heavy atom. The van der Waals surface area contributed by atoms with Gasteiger partial charge >= 0.3 is 0 Å². The Balaban J connectivity index is 2.04. The third kappa shape index (κ3) is 2.45. The van der Waals surface area contributed by atoms with Crippen LogP contribution >= 0.6 is 11.3 Å². The first-order valence-electron chi connectivity index (χ1n) is 6.45. The quantitative estimate of drug-likeness (QED) is 0.688. The number of hydrogen-bond acceptors (Lipinski definition) is 3. The van der Waals surface area contributed by atoms with E-state index >= 15 is 0 Å². The molecule has 0 radical (unpaired) electrons. The Labute approximate surface area is 122 Å². The summed E-state index contributed by atoms with van der Waals surface area (Å²) in [6.45, 7) is 2.06. The van der Waals surface area contributed by atoms with Crippen molar-refractivity contribution in [2.24, 2.45) is 0 Å². The number of methoxy groups -OCH3 is 1. The van der Waals surface area contributed by atoms with Gasteiger partial charge in [-0.3, -0.25) is 0 Å². The highest BCUT2D eigenvalue weighted by molar-refractivity contribution is 7.18. The van der Waals surface area contributed by atoms with Crippen molar-refractivity contribution >= 4 is 11.3 Å². The van der Waals surface area contributed by atoms with Crippen molar-refractivity contribution < 1.29 is 4.74 Å². The Morgan fingerprint density at radius 1 is 0.950 bits per heavy atom. The number of rotatable bonds is 3. The van der Waals surface area contributed by atoms with Crippen molar-refractivity contribution in [1.29, 1.82) is 0 Å². The SMILES string of the molecule is COc1cccc(-c2nc(C)c(-c3ccccc3)s2)c1. The zero-order valence-electron chi connectivity index (χ0n) is 11.5. The molecule has 100 valence electrons. The van der Waals surface area contributed by atoms with E-state index in [1.165, 1.54) is 10.4 Å². The molecule has 0 aliphatic rings. The number of hydrogen-bond donors (Lipinski definition) is 0. The van der Waals surface area contributed by atoms with E-state index in [1.807, 2.05) is 24.3 Å². The molecule has 1 heterocycles. The first-order valence-corrected chi connectivity index (χ1v) is 7.27. The van der Waals surface area contributed by atoms with Crippen LogP contribution in [0.15, 0.2) is 54.6 Å². The van der Waals surface area contributed by atoms with E-state index in [4.69, 9.17) is 9.72 Å². The second kappa shape index (κ2) is 5.47. The summed E-state index contributed by atoms with van der Waals surface area (Å²) in [6, 6.07) is 18.4. The molecule has 2 aromatic carbocycles. The van der Waals surface area contributed by atoms with Crippen molar-refractivity contribution in [2.45, 2.75) is 6.92 Å². The van der Waals surface area contributed by atoms with Crippen molar-refractivity contribution in [2.75, 3.05) is 7.11 Å². The lowest BCUT2D eigenvalue weighted by Crippen LogP contribution is -1.83. The Morgan fingerprint density at radius 3 is 2.45 bits per heavy atom. The fraction of sp³-hybridized carbons (Fsp3) is 0.118. The van der Waals surface area contributed by atoms with E-state index in [0.717, 1.165) is 22.0 Å². The normalized spacial score (nSPS) is 10.5. The molecule has 0 fully saturated rings. The van der Waals surface area contributed by atoms with E-state index < -0.39 is 0 Å². The van der Waals surface area contributed by atoms with E-state index in [2.05, 4.69) is 37.3 Å². The molecule has 0 saturated carbocycles. The van der Waals surface area contributed by atoms with E-state index in [1.54, 1.807) is 18.4 Å². The van der Waals surface area contributed by atoms with Gasteiger partial charge in [-0.25, -0.2) is 4.98 Å². The van der Waals surface area contributed by atoms with Crippen molar-refractivity contribution in [3.8, 4) is 26.8 Å². The number of nitrogens with zero attached hydrogens (tertiary/aromatic N) is 1. The number of thiazole rings is 1. The average Bonchev–Trinajstić information content (AvgIpc) is 2.90. The maximum Gasteiger partial charge on any atom is 0.124 e. The van der Waals surface area contributed by atoms with Crippen LogP contribution in [0.25, 0.3) is 21.0 Å². The van der Waals surface area contributed by atoms with Crippen LogP contribution in [-0.2, 0) is 0 Å². The highest BCUT2D eigenvalue weighted by atomic mass is 32.1. The molecule has 3 rings (SSSR count). The lowest BCUT2D eigenvalue weighted by atomic mass is 10.2. The van der Waals surface area contributed by atoms with Gasteiger partial charge in [-0.05, 0) is 24.6 Å². The molecule has 2 nitrogen and oxygen atoms in total. The fourth-order valence-electron chi connectivity index (χ4n) is 2.13. The first kappa shape index (κ1) is 12.9. The number of benzene rings is 2. The predicted molar refractivity (Wildman–Crippen MR) is 84.3 cm³/mol.